The summed E-state index contributed by atoms with van der Waals surface area (Å²) in [5.74, 6) is 0.477. The van der Waals surface area contributed by atoms with Crippen molar-refractivity contribution >= 4 is 23.0 Å². The average molecular weight is 393 g/mol. The van der Waals surface area contributed by atoms with Crippen LogP contribution in [0.3, 0.4) is 0 Å². The molecule has 0 radical (unpaired) electrons. The fourth-order valence-electron chi connectivity index (χ4n) is 4.04. The predicted molar refractivity (Wildman–Crippen MR) is 101 cm³/mol. The van der Waals surface area contributed by atoms with Crippen molar-refractivity contribution in [3.8, 4) is 0 Å². The van der Waals surface area contributed by atoms with Gasteiger partial charge >= 0.3 is 6.18 Å². The van der Waals surface area contributed by atoms with E-state index in [1.807, 2.05) is 15.5 Å². The lowest BCUT2D eigenvalue weighted by atomic mass is 9.83. The molecule has 27 heavy (non-hydrogen) atoms. The van der Waals surface area contributed by atoms with E-state index in [1.165, 1.54) is 6.07 Å². The minimum absolute atomic E-state index is 0.0142. The molecule has 142 valence electrons. The van der Waals surface area contributed by atoms with Crippen molar-refractivity contribution < 1.29 is 13.2 Å². The maximum atomic E-state index is 12.9. The number of nitrogens with one attached hydrogen (secondary N) is 1. The van der Waals surface area contributed by atoms with Gasteiger partial charge < -0.3 is 14.8 Å². The molecule has 1 aromatic heterocycles. The van der Waals surface area contributed by atoms with Crippen molar-refractivity contribution in [2.75, 3.05) is 18.4 Å². The molecule has 0 aliphatic carbocycles. The van der Waals surface area contributed by atoms with Crippen LogP contribution >= 0.6 is 12.2 Å². The van der Waals surface area contributed by atoms with E-state index < -0.39 is 11.7 Å². The molecule has 4 nitrogen and oxygen atoms in total. The standard InChI is InChI=1S/C19H18F3N3OS/c20-19(21,22)14-3-1-4-15(8-14)23-18(27)24-9-12-7-13(11-24)16-5-2-6-17(26)25(16)10-12/h1-6,8,12-13H,7,9-11H2,(H,23,27)/t12-,13-/m0/s1. The molecule has 2 aliphatic rings. The second kappa shape index (κ2) is 6.67. The van der Waals surface area contributed by atoms with Gasteiger partial charge in [0.25, 0.3) is 5.56 Å². The molecular formula is C19H18F3N3OS. The molecule has 2 aromatic rings. The monoisotopic (exact) mass is 393 g/mol. The first kappa shape index (κ1) is 18.0. The van der Waals surface area contributed by atoms with Crippen LogP contribution in [-0.4, -0.2) is 27.7 Å². The van der Waals surface area contributed by atoms with Gasteiger partial charge in [-0.15, -0.1) is 0 Å². The third-order valence-electron chi connectivity index (χ3n) is 5.21. The minimum atomic E-state index is -4.39. The number of likely N-dealkylation sites (tertiary alicyclic amines) is 1. The van der Waals surface area contributed by atoms with E-state index >= 15 is 0 Å². The normalized spacial score (nSPS) is 21.5. The Morgan fingerprint density at radius 2 is 1.89 bits per heavy atom. The molecule has 2 bridgehead atoms. The summed E-state index contributed by atoms with van der Waals surface area (Å²) in [4.78, 5) is 14.1. The Balaban J connectivity index is 1.51. The molecule has 0 unspecified atom stereocenters. The van der Waals surface area contributed by atoms with Crippen LogP contribution in [0.15, 0.2) is 47.3 Å². The van der Waals surface area contributed by atoms with E-state index in [0.717, 1.165) is 24.2 Å². The Labute approximate surface area is 159 Å². The third-order valence-corrected chi connectivity index (χ3v) is 5.57. The van der Waals surface area contributed by atoms with Crippen LogP contribution in [0.1, 0.15) is 23.6 Å². The van der Waals surface area contributed by atoms with Gasteiger partial charge in [-0.2, -0.15) is 13.2 Å². The Hall–Kier alpha value is -2.35. The smallest absolute Gasteiger partial charge is 0.348 e. The number of piperidine rings is 1. The van der Waals surface area contributed by atoms with E-state index in [1.54, 1.807) is 18.2 Å². The van der Waals surface area contributed by atoms with Crippen molar-refractivity contribution in [1.82, 2.24) is 9.47 Å². The SMILES string of the molecule is O=c1cccc2n1C[C@H]1C[C@H]2CN(C(=S)Nc2cccc(C(F)(F)F)c2)C1. The molecule has 1 aromatic carbocycles. The van der Waals surface area contributed by atoms with Crippen molar-refractivity contribution in [3.63, 3.8) is 0 Å². The summed E-state index contributed by atoms with van der Waals surface area (Å²) in [7, 11) is 0. The largest absolute Gasteiger partial charge is 0.416 e. The lowest BCUT2D eigenvalue weighted by Crippen LogP contribution is -2.50. The summed E-state index contributed by atoms with van der Waals surface area (Å²) < 4.78 is 40.5. The Bertz CT molecular complexity index is 940. The zero-order valence-corrected chi connectivity index (χ0v) is 15.2. The lowest BCUT2D eigenvalue weighted by molar-refractivity contribution is -0.137. The highest BCUT2D eigenvalue weighted by molar-refractivity contribution is 7.80. The topological polar surface area (TPSA) is 37.3 Å². The number of halogens is 3. The summed E-state index contributed by atoms with van der Waals surface area (Å²) in [6.45, 7) is 1.97. The first-order chi connectivity index (χ1) is 12.8. The van der Waals surface area contributed by atoms with Gasteiger partial charge in [-0.3, -0.25) is 4.79 Å². The van der Waals surface area contributed by atoms with Crippen molar-refractivity contribution in [3.05, 3.63) is 64.1 Å². The number of nitrogens with zero attached hydrogens (tertiary/aromatic N) is 2. The van der Waals surface area contributed by atoms with Crippen molar-refractivity contribution in [1.29, 1.82) is 0 Å². The number of benzene rings is 1. The van der Waals surface area contributed by atoms with Crippen LogP contribution in [-0.2, 0) is 12.7 Å². The van der Waals surface area contributed by atoms with Gasteiger partial charge in [0.15, 0.2) is 5.11 Å². The molecule has 1 N–H and O–H groups in total. The number of hydrogen-bond acceptors (Lipinski definition) is 2. The maximum Gasteiger partial charge on any atom is 0.416 e. The fourth-order valence-corrected chi connectivity index (χ4v) is 4.31. The number of hydrogen-bond donors (Lipinski definition) is 1. The van der Waals surface area contributed by atoms with Gasteiger partial charge in [-0.25, -0.2) is 0 Å². The summed E-state index contributed by atoms with van der Waals surface area (Å²) in [6.07, 6.45) is -3.40. The van der Waals surface area contributed by atoms with Crippen LogP contribution in [0.2, 0.25) is 0 Å². The van der Waals surface area contributed by atoms with E-state index in [0.29, 0.717) is 30.4 Å². The highest BCUT2D eigenvalue weighted by atomic mass is 32.1. The number of aromatic nitrogens is 1. The first-order valence-corrected chi connectivity index (χ1v) is 9.15. The number of rotatable bonds is 1. The lowest BCUT2D eigenvalue weighted by Gasteiger charge is -2.43. The van der Waals surface area contributed by atoms with Crippen LogP contribution in [0.5, 0.6) is 0 Å². The quantitative estimate of drug-likeness (QED) is 0.750. The Kier molecular flexibility index (Phi) is 4.46. The summed E-state index contributed by atoms with van der Waals surface area (Å²) >= 11 is 5.46. The molecule has 2 aliphatic heterocycles. The van der Waals surface area contributed by atoms with Gasteiger partial charge in [-0.1, -0.05) is 12.1 Å². The molecule has 3 heterocycles. The number of pyridine rings is 1. The van der Waals surface area contributed by atoms with Crippen LogP contribution in [0, 0.1) is 5.92 Å². The average Bonchev–Trinajstić information content (AvgIpc) is 2.62. The van der Waals surface area contributed by atoms with Crippen molar-refractivity contribution in [2.24, 2.45) is 5.92 Å². The molecule has 2 atom stereocenters. The molecule has 8 heteroatoms. The Morgan fingerprint density at radius 1 is 1.11 bits per heavy atom. The third kappa shape index (κ3) is 3.58. The van der Waals surface area contributed by atoms with E-state index in [9.17, 15) is 18.0 Å². The van der Waals surface area contributed by atoms with Crippen LogP contribution in [0.25, 0.3) is 0 Å². The van der Waals surface area contributed by atoms with Gasteiger partial charge in [0.1, 0.15) is 0 Å². The number of fused-ring (bicyclic) bond motifs is 4. The summed E-state index contributed by atoms with van der Waals surface area (Å²) in [5.41, 5.74) is 0.631. The second-order valence-corrected chi connectivity index (χ2v) is 7.50. The van der Waals surface area contributed by atoms with Gasteiger partial charge in [0, 0.05) is 43.0 Å². The molecule has 1 fully saturated rings. The minimum Gasteiger partial charge on any atom is -0.348 e. The van der Waals surface area contributed by atoms with Crippen molar-refractivity contribution in [2.45, 2.75) is 25.1 Å². The summed E-state index contributed by atoms with van der Waals surface area (Å²) in [6, 6.07) is 10.3. The van der Waals surface area contributed by atoms with Gasteiger partial charge in [0.05, 0.1) is 5.56 Å². The molecule has 1 saturated heterocycles. The Morgan fingerprint density at radius 3 is 2.67 bits per heavy atom. The maximum absolute atomic E-state index is 12.9. The molecular weight excluding hydrogens is 375 g/mol. The summed E-state index contributed by atoms with van der Waals surface area (Å²) in [5, 5.41) is 3.35. The molecule has 0 saturated carbocycles. The molecule has 0 amide bonds. The van der Waals surface area contributed by atoms with E-state index in [-0.39, 0.29) is 17.4 Å². The molecule has 4 rings (SSSR count). The number of anilines is 1. The van der Waals surface area contributed by atoms with Crippen LogP contribution in [0.4, 0.5) is 18.9 Å². The first-order valence-electron chi connectivity index (χ1n) is 8.74. The van der Waals surface area contributed by atoms with Gasteiger partial charge in [-0.05, 0) is 48.8 Å². The van der Waals surface area contributed by atoms with Gasteiger partial charge in [0.2, 0.25) is 0 Å². The second-order valence-electron chi connectivity index (χ2n) is 7.11. The molecule has 0 spiro atoms. The zero-order valence-electron chi connectivity index (χ0n) is 14.4. The van der Waals surface area contributed by atoms with E-state index in [4.69, 9.17) is 12.2 Å². The predicted octanol–water partition coefficient (Wildman–Crippen LogP) is 3.68. The number of alkyl halides is 3. The van der Waals surface area contributed by atoms with E-state index in [2.05, 4.69) is 5.32 Å². The fraction of sp³-hybridized carbons (Fsp3) is 0.368. The zero-order chi connectivity index (χ0) is 19.2. The highest BCUT2D eigenvalue weighted by Crippen LogP contribution is 2.35. The highest BCUT2D eigenvalue weighted by Gasteiger charge is 2.35. The van der Waals surface area contributed by atoms with Crippen LogP contribution < -0.4 is 10.9 Å². The number of thiocarbonyl (C=S) groups is 1.